The van der Waals surface area contributed by atoms with Crippen LogP contribution in [0.4, 0.5) is 4.39 Å². The van der Waals surface area contributed by atoms with E-state index in [9.17, 15) is 14.3 Å². The molecule has 29 heavy (non-hydrogen) atoms. The van der Waals surface area contributed by atoms with Gasteiger partial charge in [0.25, 0.3) is 0 Å². The molecule has 0 bridgehead atoms. The van der Waals surface area contributed by atoms with Gasteiger partial charge in [-0.3, -0.25) is 4.98 Å². The molecule has 144 valence electrons. The molecule has 4 aromatic rings. The van der Waals surface area contributed by atoms with Crippen LogP contribution in [0.5, 0.6) is 5.75 Å². The van der Waals surface area contributed by atoms with Crippen molar-refractivity contribution >= 4 is 11.6 Å². The monoisotopic (exact) mass is 407 g/mol. The van der Waals surface area contributed by atoms with Crippen LogP contribution in [0.1, 0.15) is 5.56 Å². The maximum absolute atomic E-state index is 13.4. The van der Waals surface area contributed by atoms with Gasteiger partial charge < -0.3 is 9.52 Å². The second kappa shape index (κ2) is 7.53. The molecule has 2 heterocycles. The van der Waals surface area contributed by atoms with Gasteiger partial charge in [-0.05, 0) is 54.4 Å². The summed E-state index contributed by atoms with van der Waals surface area (Å²) in [6.45, 7) is 1.67. The normalized spacial score (nSPS) is 10.9. The number of hydrogen-bond acceptors (Lipinski definition) is 4. The summed E-state index contributed by atoms with van der Waals surface area (Å²) in [5.41, 5.74) is 2.16. The molecule has 6 heteroatoms. The van der Waals surface area contributed by atoms with E-state index in [2.05, 4.69) is 4.98 Å². The fourth-order valence-corrected chi connectivity index (χ4v) is 3.48. The zero-order valence-corrected chi connectivity index (χ0v) is 16.1. The van der Waals surface area contributed by atoms with Crippen molar-refractivity contribution in [3.8, 4) is 39.3 Å². The molecular formula is C23H15ClFNO3. The molecule has 0 unspecified atom stereocenters. The molecule has 4 rings (SSSR count). The van der Waals surface area contributed by atoms with Gasteiger partial charge in [-0.2, -0.15) is 0 Å². The Labute approximate surface area is 170 Å². The largest absolute Gasteiger partial charge is 0.507 e. The number of benzene rings is 2. The number of halogens is 2. The van der Waals surface area contributed by atoms with E-state index in [4.69, 9.17) is 16.0 Å². The highest BCUT2D eigenvalue weighted by Crippen LogP contribution is 2.37. The maximum atomic E-state index is 13.4. The number of nitrogens with zero attached hydrogens (tertiary/aromatic N) is 1. The van der Waals surface area contributed by atoms with Gasteiger partial charge in [-0.25, -0.2) is 9.18 Å². The third-order valence-electron chi connectivity index (χ3n) is 4.65. The minimum absolute atomic E-state index is 0.0511. The summed E-state index contributed by atoms with van der Waals surface area (Å²) in [5.74, 6) is -0.334. The van der Waals surface area contributed by atoms with Crippen LogP contribution in [-0.2, 0) is 0 Å². The van der Waals surface area contributed by atoms with Crippen molar-refractivity contribution < 1.29 is 13.9 Å². The molecule has 0 saturated carbocycles. The molecule has 0 aliphatic heterocycles. The molecular weight excluding hydrogens is 393 g/mol. The Morgan fingerprint density at radius 1 is 1.03 bits per heavy atom. The third kappa shape index (κ3) is 3.52. The van der Waals surface area contributed by atoms with E-state index in [0.29, 0.717) is 27.8 Å². The van der Waals surface area contributed by atoms with Crippen molar-refractivity contribution in [1.82, 2.24) is 4.98 Å². The summed E-state index contributed by atoms with van der Waals surface area (Å²) >= 11 is 6.16. The molecule has 0 amide bonds. The zero-order chi connectivity index (χ0) is 20.5. The van der Waals surface area contributed by atoms with Crippen LogP contribution >= 0.6 is 11.6 Å². The van der Waals surface area contributed by atoms with Gasteiger partial charge in [-0.1, -0.05) is 29.8 Å². The SMILES string of the molecule is Cc1c(-c2cccnc2)oc(=O)c(-c2cccc(-c3ccc(F)cc3Cl)c2)c1O. The van der Waals surface area contributed by atoms with Gasteiger partial charge in [0, 0.05) is 29.1 Å². The Balaban J connectivity index is 1.86. The molecule has 0 aliphatic carbocycles. The number of aromatic nitrogens is 1. The first-order valence-electron chi connectivity index (χ1n) is 8.78. The summed E-state index contributed by atoms with van der Waals surface area (Å²) in [7, 11) is 0. The first kappa shape index (κ1) is 18.9. The molecule has 2 aromatic carbocycles. The number of rotatable bonds is 3. The van der Waals surface area contributed by atoms with Crippen LogP contribution in [0.25, 0.3) is 33.6 Å². The van der Waals surface area contributed by atoms with Crippen LogP contribution in [-0.4, -0.2) is 10.1 Å². The molecule has 0 spiro atoms. The van der Waals surface area contributed by atoms with Crippen molar-refractivity contribution in [2.75, 3.05) is 0 Å². The smallest absolute Gasteiger partial charge is 0.347 e. The van der Waals surface area contributed by atoms with E-state index in [1.807, 2.05) is 0 Å². The highest BCUT2D eigenvalue weighted by Gasteiger charge is 2.19. The molecule has 0 atom stereocenters. The molecule has 2 aromatic heterocycles. The van der Waals surface area contributed by atoms with Crippen molar-refractivity contribution in [2.24, 2.45) is 0 Å². The summed E-state index contributed by atoms with van der Waals surface area (Å²) in [4.78, 5) is 16.7. The maximum Gasteiger partial charge on any atom is 0.347 e. The van der Waals surface area contributed by atoms with Gasteiger partial charge in [0.2, 0.25) is 0 Å². The number of aromatic hydroxyl groups is 1. The highest BCUT2D eigenvalue weighted by atomic mass is 35.5. The summed E-state index contributed by atoms with van der Waals surface area (Å²) in [6, 6.07) is 14.5. The summed E-state index contributed by atoms with van der Waals surface area (Å²) < 4.78 is 18.9. The Bertz CT molecular complexity index is 1270. The minimum Gasteiger partial charge on any atom is -0.507 e. The Hall–Kier alpha value is -3.44. The fourth-order valence-electron chi connectivity index (χ4n) is 3.20. The van der Waals surface area contributed by atoms with E-state index in [-0.39, 0.29) is 22.1 Å². The van der Waals surface area contributed by atoms with Crippen LogP contribution in [0.2, 0.25) is 5.02 Å². The van der Waals surface area contributed by atoms with Crippen LogP contribution in [0, 0.1) is 12.7 Å². The van der Waals surface area contributed by atoms with Gasteiger partial charge in [0.15, 0.2) is 0 Å². The number of pyridine rings is 1. The average molecular weight is 408 g/mol. The van der Waals surface area contributed by atoms with E-state index in [0.717, 1.165) is 0 Å². The summed E-state index contributed by atoms with van der Waals surface area (Å²) in [5, 5.41) is 11.0. The number of hydrogen-bond donors (Lipinski definition) is 1. The minimum atomic E-state index is -0.672. The molecule has 1 N–H and O–H groups in total. The average Bonchev–Trinajstić information content (AvgIpc) is 2.72. The first-order valence-corrected chi connectivity index (χ1v) is 9.16. The highest BCUT2D eigenvalue weighted by molar-refractivity contribution is 6.33. The lowest BCUT2D eigenvalue weighted by Gasteiger charge is -2.12. The van der Waals surface area contributed by atoms with E-state index >= 15 is 0 Å². The topological polar surface area (TPSA) is 63.3 Å². The van der Waals surface area contributed by atoms with Gasteiger partial charge in [-0.15, -0.1) is 0 Å². The molecule has 0 radical (unpaired) electrons. The third-order valence-corrected chi connectivity index (χ3v) is 4.96. The van der Waals surface area contributed by atoms with Gasteiger partial charge in [0.05, 0.1) is 5.02 Å². The lowest BCUT2D eigenvalue weighted by molar-refractivity contribution is 0.450. The van der Waals surface area contributed by atoms with Crippen LogP contribution in [0.15, 0.2) is 76.2 Å². The predicted molar refractivity (Wildman–Crippen MR) is 110 cm³/mol. The van der Waals surface area contributed by atoms with Crippen LogP contribution < -0.4 is 5.63 Å². The van der Waals surface area contributed by atoms with E-state index < -0.39 is 11.4 Å². The predicted octanol–water partition coefficient (Wildman–Crippen LogP) is 5.84. The standard InChI is InChI=1S/C23H15ClFNO3/c1-13-21(27)20(23(28)29-22(13)16-6-3-9-26-12-16)15-5-2-4-14(10-15)18-8-7-17(25)11-19(18)24/h2-12,27H,1H3. The zero-order valence-electron chi connectivity index (χ0n) is 15.3. The van der Waals surface area contributed by atoms with Gasteiger partial charge in [0.1, 0.15) is 22.9 Å². The van der Waals surface area contributed by atoms with Crippen molar-refractivity contribution in [2.45, 2.75) is 6.92 Å². The Kier molecular flexibility index (Phi) is 4.91. The second-order valence-electron chi connectivity index (χ2n) is 6.51. The molecule has 0 fully saturated rings. The summed E-state index contributed by atoms with van der Waals surface area (Å²) in [6.07, 6.45) is 3.17. The van der Waals surface area contributed by atoms with Crippen molar-refractivity contribution in [1.29, 1.82) is 0 Å². The lowest BCUT2D eigenvalue weighted by atomic mass is 9.97. The molecule has 0 aliphatic rings. The van der Waals surface area contributed by atoms with E-state index in [1.165, 1.54) is 12.1 Å². The lowest BCUT2D eigenvalue weighted by Crippen LogP contribution is -2.06. The fraction of sp³-hybridized carbons (Fsp3) is 0.0435. The van der Waals surface area contributed by atoms with Crippen molar-refractivity contribution in [3.63, 3.8) is 0 Å². The van der Waals surface area contributed by atoms with Crippen LogP contribution in [0.3, 0.4) is 0 Å². The molecule has 0 saturated heterocycles. The molecule has 4 nitrogen and oxygen atoms in total. The first-order chi connectivity index (χ1) is 14.0. The Morgan fingerprint density at radius 3 is 2.52 bits per heavy atom. The Morgan fingerprint density at radius 2 is 1.79 bits per heavy atom. The van der Waals surface area contributed by atoms with Crippen molar-refractivity contribution in [3.05, 3.63) is 93.8 Å². The van der Waals surface area contributed by atoms with Gasteiger partial charge >= 0.3 is 5.63 Å². The quantitative estimate of drug-likeness (QED) is 0.463. The van der Waals surface area contributed by atoms with E-state index in [1.54, 1.807) is 61.8 Å². The second-order valence-corrected chi connectivity index (χ2v) is 6.92.